The predicted octanol–water partition coefficient (Wildman–Crippen LogP) is 9.70. The summed E-state index contributed by atoms with van der Waals surface area (Å²) in [6.07, 6.45) is 2.03. The zero-order valence-electron chi connectivity index (χ0n) is 22.3. The molecule has 0 saturated heterocycles. The summed E-state index contributed by atoms with van der Waals surface area (Å²) >= 11 is 0. The van der Waals surface area contributed by atoms with Crippen LogP contribution in [0.3, 0.4) is 0 Å². The molecule has 192 valence electrons. The van der Waals surface area contributed by atoms with Crippen LogP contribution in [0.5, 0.6) is 0 Å². The maximum absolute atomic E-state index is 5.17. The molecule has 0 bridgehead atoms. The molecule has 0 aliphatic heterocycles. The van der Waals surface area contributed by atoms with Gasteiger partial charge in [0.2, 0.25) is 0 Å². The van der Waals surface area contributed by atoms with E-state index in [1.807, 2.05) is 24.4 Å². The van der Waals surface area contributed by atoms with Crippen LogP contribution in [0.25, 0.3) is 72.2 Å². The average Bonchev–Trinajstić information content (AvgIpc) is 3.44. The smallest absolute Gasteiger partial charge is 0.165 e. The molecule has 0 amide bonds. The third kappa shape index (κ3) is 4.07. The van der Waals surface area contributed by atoms with Crippen molar-refractivity contribution in [2.75, 3.05) is 0 Å². The first-order valence-electron chi connectivity index (χ1n) is 13.8. The topological polar surface area (TPSA) is 30.2 Å². The lowest BCUT2D eigenvalue weighted by molar-refractivity contribution is 1.19. The molecular formula is C38H25N3. The fourth-order valence-corrected chi connectivity index (χ4v) is 5.76. The minimum absolute atomic E-state index is 0.876. The monoisotopic (exact) mass is 523 g/mol. The van der Waals surface area contributed by atoms with Crippen LogP contribution >= 0.6 is 0 Å². The summed E-state index contributed by atoms with van der Waals surface area (Å²) in [7, 11) is 0. The van der Waals surface area contributed by atoms with Gasteiger partial charge in [-0.2, -0.15) is 0 Å². The van der Waals surface area contributed by atoms with Gasteiger partial charge in [0.15, 0.2) is 5.65 Å². The van der Waals surface area contributed by atoms with Gasteiger partial charge in [-0.3, -0.25) is 4.40 Å². The van der Waals surface area contributed by atoms with Crippen LogP contribution in [0, 0.1) is 0 Å². The van der Waals surface area contributed by atoms with Crippen LogP contribution in [-0.4, -0.2) is 14.4 Å². The van der Waals surface area contributed by atoms with Crippen molar-refractivity contribution in [1.29, 1.82) is 0 Å². The van der Waals surface area contributed by atoms with Crippen molar-refractivity contribution >= 4 is 27.6 Å². The Kier molecular flexibility index (Phi) is 5.46. The molecule has 0 saturated carbocycles. The van der Waals surface area contributed by atoms with Gasteiger partial charge in [0.1, 0.15) is 11.2 Å². The first-order chi connectivity index (χ1) is 20.3. The number of hydrogen-bond donors (Lipinski definition) is 0. The van der Waals surface area contributed by atoms with Crippen molar-refractivity contribution in [2.45, 2.75) is 0 Å². The van der Waals surface area contributed by atoms with Crippen molar-refractivity contribution < 1.29 is 0 Å². The lowest BCUT2D eigenvalue weighted by Crippen LogP contribution is -1.92. The van der Waals surface area contributed by atoms with Crippen LogP contribution < -0.4 is 0 Å². The maximum atomic E-state index is 5.17. The van der Waals surface area contributed by atoms with Crippen LogP contribution in [-0.2, 0) is 0 Å². The van der Waals surface area contributed by atoms with Gasteiger partial charge in [-0.1, -0.05) is 115 Å². The van der Waals surface area contributed by atoms with Crippen LogP contribution in [0.1, 0.15) is 0 Å². The van der Waals surface area contributed by atoms with Crippen LogP contribution in [0.15, 0.2) is 152 Å². The Hall–Kier alpha value is -5.54. The van der Waals surface area contributed by atoms with Gasteiger partial charge in [-0.05, 0) is 63.7 Å². The Bertz CT molecular complexity index is 2120. The maximum Gasteiger partial charge on any atom is 0.165 e. The largest absolute Gasteiger partial charge is 0.284 e. The van der Waals surface area contributed by atoms with Gasteiger partial charge in [0.05, 0.1) is 5.69 Å². The lowest BCUT2D eigenvalue weighted by atomic mass is 9.92. The second kappa shape index (κ2) is 9.58. The highest BCUT2D eigenvalue weighted by molar-refractivity contribution is 6.09. The highest BCUT2D eigenvalue weighted by Gasteiger charge is 2.15. The van der Waals surface area contributed by atoms with Gasteiger partial charge >= 0.3 is 0 Å². The second-order valence-corrected chi connectivity index (χ2v) is 10.3. The van der Waals surface area contributed by atoms with Gasteiger partial charge in [-0.25, -0.2) is 9.97 Å². The molecule has 8 aromatic rings. The Morgan fingerprint density at radius 2 is 0.902 bits per heavy atom. The fourth-order valence-electron chi connectivity index (χ4n) is 5.76. The summed E-state index contributed by atoms with van der Waals surface area (Å²) in [5.74, 6) is 0. The molecule has 0 fully saturated rings. The zero-order valence-corrected chi connectivity index (χ0v) is 22.3. The Labute approximate surface area is 238 Å². The highest BCUT2D eigenvalue weighted by Crippen LogP contribution is 2.36. The van der Waals surface area contributed by atoms with Crippen LogP contribution in [0.2, 0.25) is 0 Å². The summed E-state index contributed by atoms with van der Waals surface area (Å²) in [5, 5.41) is 2.22. The van der Waals surface area contributed by atoms with Crippen molar-refractivity contribution in [3.63, 3.8) is 0 Å². The molecule has 3 heterocycles. The van der Waals surface area contributed by atoms with Crippen LogP contribution in [0.4, 0.5) is 0 Å². The van der Waals surface area contributed by atoms with E-state index >= 15 is 0 Å². The summed E-state index contributed by atoms with van der Waals surface area (Å²) in [4.78, 5) is 10.1. The van der Waals surface area contributed by atoms with Crippen molar-refractivity contribution in [3.8, 4) is 44.6 Å². The Morgan fingerprint density at radius 3 is 1.54 bits per heavy atom. The summed E-state index contributed by atoms with van der Waals surface area (Å²) in [6.45, 7) is 0. The Balaban J connectivity index is 1.27. The molecule has 3 nitrogen and oxygen atoms in total. The SMILES string of the molecule is c1ccc(-c2cc(-c3ccccc3)cc(-c3ccc(-c4nc5c(nc6ccccn65)c5ccccc45)cc3)c2)cc1. The van der Waals surface area contributed by atoms with Crippen molar-refractivity contribution in [2.24, 2.45) is 0 Å². The van der Waals surface area contributed by atoms with Crippen molar-refractivity contribution in [1.82, 2.24) is 14.4 Å². The summed E-state index contributed by atoms with van der Waals surface area (Å²) < 4.78 is 2.07. The normalized spacial score (nSPS) is 11.4. The lowest BCUT2D eigenvalue weighted by Gasteiger charge is -2.12. The molecule has 0 radical (unpaired) electrons. The van der Waals surface area contributed by atoms with E-state index in [0.717, 1.165) is 38.8 Å². The first-order valence-corrected chi connectivity index (χ1v) is 13.8. The minimum Gasteiger partial charge on any atom is -0.284 e. The Morgan fingerprint density at radius 1 is 0.390 bits per heavy atom. The first kappa shape index (κ1) is 23.4. The zero-order chi connectivity index (χ0) is 27.2. The van der Waals surface area contributed by atoms with Gasteiger partial charge in [-0.15, -0.1) is 0 Å². The van der Waals surface area contributed by atoms with Gasteiger partial charge in [0.25, 0.3) is 0 Å². The minimum atomic E-state index is 0.876. The second-order valence-electron chi connectivity index (χ2n) is 10.3. The molecule has 3 aromatic heterocycles. The molecule has 5 aromatic carbocycles. The molecule has 8 rings (SSSR count). The van der Waals surface area contributed by atoms with Gasteiger partial charge < -0.3 is 0 Å². The van der Waals surface area contributed by atoms with E-state index in [1.165, 1.54) is 33.4 Å². The molecule has 0 unspecified atom stereocenters. The van der Waals surface area contributed by atoms with Crippen molar-refractivity contribution in [3.05, 3.63) is 152 Å². The van der Waals surface area contributed by atoms with E-state index in [4.69, 9.17) is 9.97 Å². The number of imidazole rings is 1. The highest BCUT2D eigenvalue weighted by atomic mass is 15.1. The average molecular weight is 524 g/mol. The van der Waals surface area contributed by atoms with E-state index < -0.39 is 0 Å². The number of fused-ring (bicyclic) bond motifs is 5. The molecule has 0 atom stereocenters. The van der Waals surface area contributed by atoms with Gasteiger partial charge in [0, 0.05) is 22.5 Å². The molecule has 0 aliphatic carbocycles. The quantitative estimate of drug-likeness (QED) is 0.230. The third-order valence-corrected chi connectivity index (χ3v) is 7.80. The van der Waals surface area contributed by atoms with E-state index in [-0.39, 0.29) is 0 Å². The summed E-state index contributed by atoms with van der Waals surface area (Å²) in [5.41, 5.74) is 11.9. The number of rotatable bonds is 4. The number of aromatic nitrogens is 3. The molecule has 0 spiro atoms. The fraction of sp³-hybridized carbons (Fsp3) is 0. The van der Waals surface area contributed by atoms with E-state index in [9.17, 15) is 0 Å². The predicted molar refractivity (Wildman–Crippen MR) is 170 cm³/mol. The molecule has 0 N–H and O–H groups in total. The number of pyridine rings is 2. The molecule has 0 aliphatic rings. The number of hydrogen-bond acceptors (Lipinski definition) is 2. The van der Waals surface area contributed by atoms with E-state index in [2.05, 4.69) is 132 Å². The molecule has 41 heavy (non-hydrogen) atoms. The number of nitrogens with zero attached hydrogens (tertiary/aromatic N) is 3. The van der Waals surface area contributed by atoms with E-state index in [1.54, 1.807) is 0 Å². The molecular weight excluding hydrogens is 498 g/mol. The summed E-state index contributed by atoms with van der Waals surface area (Å²) in [6, 6.07) is 51.3. The van der Waals surface area contributed by atoms with E-state index in [0.29, 0.717) is 0 Å². The third-order valence-electron chi connectivity index (χ3n) is 7.80. The standard InChI is InChI=1S/C38H25N3/c1-3-11-26(12-4-1)30-23-31(27-13-5-2-6-14-27)25-32(24-30)28-18-20-29(21-19-28)36-33-15-7-8-16-34(33)37-38(40-36)41-22-10-9-17-35(41)39-37/h1-25H. The number of benzene rings is 5. The molecule has 3 heteroatoms.